The Morgan fingerprint density at radius 2 is 1.77 bits per heavy atom. The lowest BCUT2D eigenvalue weighted by atomic mass is 9.98. The summed E-state index contributed by atoms with van der Waals surface area (Å²) in [5.74, 6) is -1.41. The molecule has 2 N–H and O–H groups in total. The van der Waals surface area contributed by atoms with E-state index >= 15 is 0 Å². The van der Waals surface area contributed by atoms with E-state index in [2.05, 4.69) is 5.32 Å². The lowest BCUT2D eigenvalue weighted by Crippen LogP contribution is -2.51. The largest absolute Gasteiger partial charge is 0.480 e. The summed E-state index contributed by atoms with van der Waals surface area (Å²) >= 11 is 0. The van der Waals surface area contributed by atoms with Gasteiger partial charge in [0.25, 0.3) is 0 Å². The van der Waals surface area contributed by atoms with Gasteiger partial charge in [-0.3, -0.25) is 4.79 Å². The molecule has 2 rings (SSSR count). The monoisotopic (exact) mass is 382 g/mol. The molecule has 1 aromatic rings. The van der Waals surface area contributed by atoms with Crippen LogP contribution < -0.4 is 5.32 Å². The molecule has 0 aliphatic carbocycles. The molecule has 0 bridgehead atoms. The van der Waals surface area contributed by atoms with Crippen LogP contribution in [-0.4, -0.2) is 48.3 Å². The van der Waals surface area contributed by atoms with Crippen LogP contribution in [0, 0.1) is 0 Å². The van der Waals surface area contributed by atoms with Crippen LogP contribution in [0.4, 0.5) is 0 Å². The number of sulfonamides is 1. The van der Waals surface area contributed by atoms with Gasteiger partial charge >= 0.3 is 5.97 Å². The Hall–Kier alpha value is -1.93. The number of nitrogens with zero attached hydrogens (tertiary/aromatic N) is 1. The summed E-state index contributed by atoms with van der Waals surface area (Å²) < 4.78 is 26.4. The number of aryl methyl sites for hydroxylation is 1. The van der Waals surface area contributed by atoms with Crippen LogP contribution in [0.3, 0.4) is 0 Å². The van der Waals surface area contributed by atoms with Gasteiger partial charge in [0.1, 0.15) is 5.54 Å². The van der Waals surface area contributed by atoms with Crippen molar-refractivity contribution in [1.29, 1.82) is 0 Å². The van der Waals surface area contributed by atoms with Crippen molar-refractivity contribution in [3.05, 3.63) is 29.8 Å². The number of hydrogen-bond acceptors (Lipinski definition) is 4. The number of carboxylic acid groups (broad SMARTS) is 1. The molecule has 0 radical (unpaired) electrons. The zero-order chi connectivity index (χ0) is 19.4. The lowest BCUT2D eigenvalue weighted by Gasteiger charge is -2.24. The number of carbonyl (C=O) groups is 2. The predicted molar refractivity (Wildman–Crippen MR) is 97.2 cm³/mol. The number of nitrogens with one attached hydrogen (secondary N) is 1. The second kappa shape index (κ2) is 8.18. The summed E-state index contributed by atoms with van der Waals surface area (Å²) in [5, 5.41) is 11.7. The number of amides is 1. The van der Waals surface area contributed by atoms with Crippen LogP contribution in [0.5, 0.6) is 0 Å². The molecule has 144 valence electrons. The van der Waals surface area contributed by atoms with Gasteiger partial charge in [-0.05, 0) is 50.3 Å². The Morgan fingerprint density at radius 3 is 2.27 bits per heavy atom. The van der Waals surface area contributed by atoms with E-state index in [1.54, 1.807) is 31.2 Å². The first-order valence-electron chi connectivity index (χ1n) is 8.82. The highest BCUT2D eigenvalue weighted by atomic mass is 32.2. The first-order chi connectivity index (χ1) is 12.2. The number of rotatable bonds is 8. The molecule has 1 atom stereocenters. The van der Waals surface area contributed by atoms with Crippen molar-refractivity contribution in [2.75, 3.05) is 13.1 Å². The molecule has 7 nitrogen and oxygen atoms in total. The average Bonchev–Trinajstić information content (AvgIpc) is 3.15. The van der Waals surface area contributed by atoms with Crippen LogP contribution in [-0.2, 0) is 26.0 Å². The van der Waals surface area contributed by atoms with E-state index in [9.17, 15) is 23.1 Å². The van der Waals surface area contributed by atoms with Gasteiger partial charge < -0.3 is 10.4 Å². The summed E-state index contributed by atoms with van der Waals surface area (Å²) in [6, 6.07) is 6.53. The van der Waals surface area contributed by atoms with E-state index in [0.717, 1.165) is 18.4 Å². The molecule has 0 saturated carbocycles. The standard InChI is InChI=1S/C18H26N2O5S/c1-3-18(2,17(22)23)19-16(21)11-8-14-6-9-15(10-7-14)26(24,25)20-12-4-5-13-20/h6-7,9-10H,3-5,8,11-13H2,1-2H3,(H,19,21)(H,22,23). The van der Waals surface area contributed by atoms with Crippen LogP contribution in [0.1, 0.15) is 45.1 Å². The van der Waals surface area contributed by atoms with Gasteiger partial charge in [0.05, 0.1) is 4.90 Å². The second-order valence-corrected chi connectivity index (χ2v) is 8.73. The van der Waals surface area contributed by atoms with Gasteiger partial charge in [0.2, 0.25) is 15.9 Å². The third-order valence-electron chi connectivity index (χ3n) is 4.86. The first-order valence-corrected chi connectivity index (χ1v) is 10.3. The third kappa shape index (κ3) is 4.62. The number of benzene rings is 1. The highest BCUT2D eigenvalue weighted by Crippen LogP contribution is 2.21. The molecular formula is C18H26N2O5S. The summed E-state index contributed by atoms with van der Waals surface area (Å²) in [4.78, 5) is 23.5. The van der Waals surface area contributed by atoms with Gasteiger partial charge in [-0.25, -0.2) is 13.2 Å². The van der Waals surface area contributed by atoms with Crippen LogP contribution in [0.15, 0.2) is 29.2 Å². The molecule has 1 aromatic carbocycles. The maximum atomic E-state index is 12.5. The molecule has 1 unspecified atom stereocenters. The van der Waals surface area contributed by atoms with Gasteiger partial charge in [-0.1, -0.05) is 19.1 Å². The van der Waals surface area contributed by atoms with Crippen LogP contribution in [0.2, 0.25) is 0 Å². The Morgan fingerprint density at radius 1 is 1.19 bits per heavy atom. The van der Waals surface area contributed by atoms with Crippen molar-refractivity contribution in [1.82, 2.24) is 9.62 Å². The van der Waals surface area contributed by atoms with Gasteiger partial charge in [0, 0.05) is 19.5 Å². The maximum absolute atomic E-state index is 12.5. The Labute approximate surface area is 154 Å². The Balaban J connectivity index is 1.95. The minimum Gasteiger partial charge on any atom is -0.480 e. The smallest absolute Gasteiger partial charge is 0.329 e. The van der Waals surface area contributed by atoms with Gasteiger partial charge in [0.15, 0.2) is 0 Å². The zero-order valence-electron chi connectivity index (χ0n) is 15.2. The topological polar surface area (TPSA) is 104 Å². The van der Waals surface area contributed by atoms with Crippen molar-refractivity contribution in [2.45, 2.75) is 56.4 Å². The van der Waals surface area contributed by atoms with Crippen molar-refractivity contribution in [3.63, 3.8) is 0 Å². The van der Waals surface area contributed by atoms with Crippen molar-refractivity contribution in [3.8, 4) is 0 Å². The fourth-order valence-electron chi connectivity index (χ4n) is 2.83. The zero-order valence-corrected chi connectivity index (χ0v) is 16.0. The molecule has 26 heavy (non-hydrogen) atoms. The van der Waals surface area contributed by atoms with Gasteiger partial charge in [-0.15, -0.1) is 0 Å². The quantitative estimate of drug-likeness (QED) is 0.713. The molecule has 1 fully saturated rings. The van der Waals surface area contributed by atoms with Crippen LogP contribution in [0.25, 0.3) is 0 Å². The van der Waals surface area contributed by atoms with Crippen molar-refractivity contribution >= 4 is 21.9 Å². The molecule has 0 aromatic heterocycles. The summed E-state index contributed by atoms with van der Waals surface area (Å²) in [5.41, 5.74) is -0.445. The van der Waals surface area contributed by atoms with E-state index < -0.39 is 21.5 Å². The molecule has 1 heterocycles. The van der Waals surface area contributed by atoms with Gasteiger partial charge in [-0.2, -0.15) is 4.31 Å². The predicted octanol–water partition coefficient (Wildman–Crippen LogP) is 1.77. The molecule has 0 spiro atoms. The highest BCUT2D eigenvalue weighted by Gasteiger charge is 2.32. The van der Waals surface area contributed by atoms with Crippen LogP contribution >= 0.6 is 0 Å². The molecule has 1 saturated heterocycles. The number of carboxylic acids is 1. The minimum absolute atomic E-state index is 0.140. The fraction of sp³-hybridized carbons (Fsp3) is 0.556. The Kier molecular flexibility index (Phi) is 6.41. The van der Waals surface area contributed by atoms with E-state index in [1.165, 1.54) is 11.2 Å². The maximum Gasteiger partial charge on any atom is 0.329 e. The first kappa shape index (κ1) is 20.4. The number of carbonyl (C=O) groups excluding carboxylic acids is 1. The third-order valence-corrected chi connectivity index (χ3v) is 6.77. The normalized spacial score (nSPS) is 17.6. The van der Waals surface area contributed by atoms with E-state index in [4.69, 9.17) is 0 Å². The molecular weight excluding hydrogens is 356 g/mol. The minimum atomic E-state index is -3.43. The summed E-state index contributed by atoms with van der Waals surface area (Å²) in [6.07, 6.45) is 2.62. The van der Waals surface area contributed by atoms with E-state index in [-0.39, 0.29) is 23.6 Å². The number of aliphatic carboxylic acids is 1. The molecule has 8 heteroatoms. The second-order valence-electron chi connectivity index (χ2n) is 6.79. The van der Waals surface area contributed by atoms with E-state index in [1.807, 2.05) is 0 Å². The SMILES string of the molecule is CCC(C)(NC(=O)CCc1ccc(S(=O)(=O)N2CCCC2)cc1)C(=O)O. The highest BCUT2D eigenvalue weighted by molar-refractivity contribution is 7.89. The summed E-state index contributed by atoms with van der Waals surface area (Å²) in [6.45, 7) is 4.30. The Bertz CT molecular complexity index is 754. The number of hydrogen-bond donors (Lipinski definition) is 2. The lowest BCUT2D eigenvalue weighted by molar-refractivity contribution is -0.147. The van der Waals surface area contributed by atoms with E-state index in [0.29, 0.717) is 19.5 Å². The summed E-state index contributed by atoms with van der Waals surface area (Å²) in [7, 11) is -3.43. The average molecular weight is 382 g/mol. The van der Waals surface area contributed by atoms with Crippen molar-refractivity contribution < 1.29 is 23.1 Å². The van der Waals surface area contributed by atoms with Crippen molar-refractivity contribution in [2.24, 2.45) is 0 Å². The molecule has 1 aliphatic heterocycles. The molecule has 1 amide bonds. The fourth-order valence-corrected chi connectivity index (χ4v) is 4.34. The molecule has 1 aliphatic rings.